The Hall–Kier alpha value is -2.43. The Morgan fingerprint density at radius 1 is 1.26 bits per heavy atom. The number of nitrogens with zero attached hydrogens (tertiary/aromatic N) is 1. The van der Waals surface area contributed by atoms with Gasteiger partial charge in [-0.15, -0.1) is 11.8 Å². The number of alkyl halides is 3. The maximum absolute atomic E-state index is 12.9. The number of rotatable bonds is 5. The van der Waals surface area contributed by atoms with Crippen molar-refractivity contribution >= 4 is 35.3 Å². The summed E-state index contributed by atoms with van der Waals surface area (Å²) in [6.45, 7) is 1.88. The molecule has 11 heteroatoms. The lowest BCUT2D eigenvalue weighted by molar-refractivity contribution is -0.137. The highest BCUT2D eigenvalue weighted by Crippen LogP contribution is 2.39. The van der Waals surface area contributed by atoms with Crippen molar-refractivity contribution in [2.45, 2.75) is 30.8 Å². The van der Waals surface area contributed by atoms with E-state index in [4.69, 9.17) is 0 Å². The van der Waals surface area contributed by atoms with Crippen molar-refractivity contribution in [3.05, 3.63) is 23.8 Å². The van der Waals surface area contributed by atoms with E-state index in [0.717, 1.165) is 41.6 Å². The first kappa shape index (κ1) is 20.9. The largest absolute Gasteiger partial charge is 0.416 e. The summed E-state index contributed by atoms with van der Waals surface area (Å²) in [4.78, 5) is 37.1. The van der Waals surface area contributed by atoms with Gasteiger partial charge in [0, 0.05) is 11.4 Å². The molecular weight excluding hydrogens is 385 g/mol. The number of halogens is 3. The molecule has 0 fully saturated rings. The Labute approximate surface area is 158 Å². The fourth-order valence-electron chi connectivity index (χ4n) is 2.28. The Bertz CT molecular complexity index is 727. The fourth-order valence-corrected chi connectivity index (χ4v) is 3.20. The highest BCUT2D eigenvalue weighted by molar-refractivity contribution is 8.00. The van der Waals surface area contributed by atoms with Crippen LogP contribution >= 0.6 is 11.8 Å². The third-order valence-electron chi connectivity index (χ3n) is 3.66. The quantitative estimate of drug-likeness (QED) is 0.519. The average Bonchev–Trinajstić information content (AvgIpc) is 2.61. The number of unbranched alkanes of at least 4 members (excludes halogenated alkanes) is 1. The second kappa shape index (κ2) is 8.98. The van der Waals surface area contributed by atoms with Crippen LogP contribution in [0, 0.1) is 0 Å². The molecule has 0 radical (unpaired) electrons. The average molecular weight is 404 g/mol. The number of carbonyl (C=O) groups excluding carboxylic acids is 3. The molecule has 0 bridgehead atoms. The normalized spacial score (nSPS) is 13.8. The number of thioether (sulfide) groups is 1. The number of carbonyl (C=O) groups is 3. The van der Waals surface area contributed by atoms with E-state index in [1.165, 1.54) is 6.07 Å². The van der Waals surface area contributed by atoms with Crippen molar-refractivity contribution in [2.24, 2.45) is 0 Å². The zero-order chi connectivity index (χ0) is 20.0. The second-order valence-electron chi connectivity index (χ2n) is 5.73. The third-order valence-corrected chi connectivity index (χ3v) is 4.71. The zero-order valence-electron chi connectivity index (χ0n) is 14.5. The Morgan fingerprint density at radius 3 is 2.67 bits per heavy atom. The molecule has 3 N–H and O–H groups in total. The van der Waals surface area contributed by atoms with Gasteiger partial charge in [-0.25, -0.2) is 10.2 Å². The summed E-state index contributed by atoms with van der Waals surface area (Å²) in [7, 11) is 0. The van der Waals surface area contributed by atoms with Crippen LogP contribution in [0.3, 0.4) is 0 Å². The number of urea groups is 1. The monoisotopic (exact) mass is 404 g/mol. The van der Waals surface area contributed by atoms with E-state index < -0.39 is 36.1 Å². The van der Waals surface area contributed by atoms with Crippen molar-refractivity contribution in [2.75, 3.05) is 23.7 Å². The molecule has 0 aromatic heterocycles. The predicted octanol–water partition coefficient (Wildman–Crippen LogP) is 2.27. The number of anilines is 1. The van der Waals surface area contributed by atoms with Gasteiger partial charge in [0.05, 0.1) is 17.0 Å². The van der Waals surface area contributed by atoms with E-state index >= 15 is 0 Å². The van der Waals surface area contributed by atoms with E-state index in [2.05, 4.69) is 16.2 Å². The van der Waals surface area contributed by atoms with E-state index in [1.54, 1.807) is 0 Å². The summed E-state index contributed by atoms with van der Waals surface area (Å²) in [6.07, 6.45) is -2.90. The van der Waals surface area contributed by atoms with Gasteiger partial charge in [-0.3, -0.25) is 15.0 Å². The van der Waals surface area contributed by atoms with Crippen LogP contribution in [-0.4, -0.2) is 36.7 Å². The highest BCUT2D eigenvalue weighted by atomic mass is 32.2. The maximum Gasteiger partial charge on any atom is 0.416 e. The molecule has 148 valence electrons. The fraction of sp³-hybridized carbons (Fsp3) is 0.438. The van der Waals surface area contributed by atoms with Gasteiger partial charge in [-0.05, 0) is 24.6 Å². The number of hydrazine groups is 1. The molecule has 0 unspecified atom stereocenters. The van der Waals surface area contributed by atoms with Crippen LogP contribution in [-0.2, 0) is 15.8 Å². The summed E-state index contributed by atoms with van der Waals surface area (Å²) >= 11 is 1.11. The molecule has 0 aliphatic carbocycles. The second-order valence-corrected chi connectivity index (χ2v) is 6.75. The Kier molecular flexibility index (Phi) is 6.94. The van der Waals surface area contributed by atoms with Crippen LogP contribution < -0.4 is 21.1 Å². The van der Waals surface area contributed by atoms with Crippen LogP contribution in [0.1, 0.15) is 25.3 Å². The van der Waals surface area contributed by atoms with Gasteiger partial charge in [0.15, 0.2) is 0 Å². The molecule has 0 saturated carbocycles. The molecule has 1 aliphatic rings. The minimum Gasteiger partial charge on any atom is -0.337 e. The van der Waals surface area contributed by atoms with Crippen molar-refractivity contribution in [3.63, 3.8) is 0 Å². The van der Waals surface area contributed by atoms with Crippen LogP contribution in [0.25, 0.3) is 0 Å². The minimum atomic E-state index is -4.56. The van der Waals surface area contributed by atoms with Crippen LogP contribution in [0.15, 0.2) is 23.1 Å². The third kappa shape index (κ3) is 5.78. The number of hydrogen-bond donors (Lipinski definition) is 3. The van der Waals surface area contributed by atoms with Gasteiger partial charge in [0.25, 0.3) is 5.91 Å². The van der Waals surface area contributed by atoms with E-state index in [0.29, 0.717) is 11.4 Å². The number of benzene rings is 1. The molecule has 0 saturated heterocycles. The predicted molar refractivity (Wildman–Crippen MR) is 94.1 cm³/mol. The van der Waals surface area contributed by atoms with E-state index in [1.807, 2.05) is 6.92 Å². The summed E-state index contributed by atoms with van der Waals surface area (Å²) in [5.41, 5.74) is 3.38. The Balaban J connectivity index is 2.03. The van der Waals surface area contributed by atoms with E-state index in [-0.39, 0.29) is 11.4 Å². The van der Waals surface area contributed by atoms with Gasteiger partial charge < -0.3 is 10.2 Å². The van der Waals surface area contributed by atoms with Crippen LogP contribution in [0.4, 0.5) is 23.7 Å². The molecule has 1 heterocycles. The number of amides is 4. The van der Waals surface area contributed by atoms with Crippen molar-refractivity contribution in [1.82, 2.24) is 16.2 Å². The van der Waals surface area contributed by atoms with Gasteiger partial charge in [-0.2, -0.15) is 13.2 Å². The lowest BCUT2D eigenvalue weighted by Gasteiger charge is -2.29. The van der Waals surface area contributed by atoms with Gasteiger partial charge in [0.1, 0.15) is 6.54 Å². The highest BCUT2D eigenvalue weighted by Gasteiger charge is 2.34. The smallest absolute Gasteiger partial charge is 0.337 e. The number of hydrogen-bond acceptors (Lipinski definition) is 4. The molecule has 4 amide bonds. The topological polar surface area (TPSA) is 90.5 Å². The van der Waals surface area contributed by atoms with Gasteiger partial charge >= 0.3 is 12.2 Å². The van der Waals surface area contributed by atoms with Crippen LogP contribution in [0.5, 0.6) is 0 Å². The molecule has 0 spiro atoms. The maximum atomic E-state index is 12.9. The van der Waals surface area contributed by atoms with Crippen molar-refractivity contribution in [1.29, 1.82) is 0 Å². The molecule has 7 nitrogen and oxygen atoms in total. The van der Waals surface area contributed by atoms with Crippen LogP contribution in [0.2, 0.25) is 0 Å². The zero-order valence-corrected chi connectivity index (χ0v) is 15.3. The summed E-state index contributed by atoms with van der Waals surface area (Å²) in [5, 5.41) is 2.52. The molecule has 27 heavy (non-hydrogen) atoms. The number of fused-ring (bicyclic) bond motifs is 1. The first-order valence-electron chi connectivity index (χ1n) is 8.19. The summed E-state index contributed by atoms with van der Waals surface area (Å²) in [5.74, 6) is -1.21. The molecule has 1 aromatic carbocycles. The first-order valence-corrected chi connectivity index (χ1v) is 9.18. The lowest BCUT2D eigenvalue weighted by Crippen LogP contribution is -2.51. The number of nitrogens with one attached hydrogen (secondary N) is 3. The Morgan fingerprint density at radius 2 is 2.00 bits per heavy atom. The molecule has 0 atom stereocenters. The SMILES string of the molecule is CCCCNC(=O)NNC(=O)CN1C(=O)CSc2ccc(C(F)(F)F)cc21. The van der Waals surface area contributed by atoms with E-state index in [9.17, 15) is 27.6 Å². The molecular formula is C16H19F3N4O3S. The lowest BCUT2D eigenvalue weighted by atomic mass is 10.1. The first-order chi connectivity index (χ1) is 12.7. The molecule has 1 aromatic rings. The van der Waals surface area contributed by atoms with Crippen molar-refractivity contribution < 1.29 is 27.6 Å². The van der Waals surface area contributed by atoms with Gasteiger partial charge in [-0.1, -0.05) is 13.3 Å². The summed E-state index contributed by atoms with van der Waals surface area (Å²) < 4.78 is 38.8. The minimum absolute atomic E-state index is 0.0105. The molecule has 2 rings (SSSR count). The van der Waals surface area contributed by atoms with Crippen molar-refractivity contribution in [3.8, 4) is 0 Å². The summed E-state index contributed by atoms with van der Waals surface area (Å²) in [6, 6.07) is 2.44. The molecule has 1 aliphatic heterocycles. The van der Waals surface area contributed by atoms with Gasteiger partial charge in [0.2, 0.25) is 5.91 Å². The standard InChI is InChI=1S/C16H19F3N4O3S/c1-2-3-6-20-15(26)22-21-13(24)8-23-11-7-10(16(17,18)19)4-5-12(11)27-9-14(23)25/h4-5,7H,2-3,6,8-9H2,1H3,(H,21,24)(H2,20,22,26).